The minimum Gasteiger partial charge on any atom is -0.469 e. The molecule has 1 aliphatic heterocycles. The van der Waals surface area contributed by atoms with Crippen molar-refractivity contribution >= 4 is 29.6 Å². The molecular formula is C21H28N6O6. The number of amides is 1. The summed E-state index contributed by atoms with van der Waals surface area (Å²) in [4.78, 5) is 57.7. The Kier molecular flexibility index (Phi) is 7.70. The molecule has 0 spiro atoms. The number of H-pyrrole nitrogens is 2. The molecule has 1 aliphatic rings. The van der Waals surface area contributed by atoms with E-state index in [0.29, 0.717) is 36.5 Å². The van der Waals surface area contributed by atoms with Gasteiger partial charge in [-0.2, -0.15) is 4.98 Å². The highest BCUT2D eigenvalue weighted by Crippen LogP contribution is 2.23. The SMILES string of the molecule is COC(=O)CC[C@@H](NC(=O)c1ccc(CCC2CNc3nc(N)[nH]c(=O)c3C2)[nH]1)C(=O)OC. The molecule has 0 aromatic carbocycles. The molecule has 1 unspecified atom stereocenters. The Labute approximate surface area is 189 Å². The number of aromatic nitrogens is 3. The van der Waals surface area contributed by atoms with Gasteiger partial charge in [0.1, 0.15) is 17.6 Å². The summed E-state index contributed by atoms with van der Waals surface area (Å²) < 4.78 is 9.28. The van der Waals surface area contributed by atoms with Crippen LogP contribution in [0.2, 0.25) is 0 Å². The van der Waals surface area contributed by atoms with Crippen LogP contribution in [-0.2, 0) is 31.9 Å². The Morgan fingerprint density at radius 3 is 2.76 bits per heavy atom. The van der Waals surface area contributed by atoms with Gasteiger partial charge in [0.05, 0.1) is 19.8 Å². The molecule has 0 saturated carbocycles. The zero-order chi connectivity index (χ0) is 24.0. The monoisotopic (exact) mass is 460 g/mol. The number of nitrogen functional groups attached to an aromatic ring is 1. The smallest absolute Gasteiger partial charge is 0.328 e. The summed E-state index contributed by atoms with van der Waals surface area (Å²) in [5.74, 6) is -0.784. The first-order chi connectivity index (χ1) is 15.8. The zero-order valence-electron chi connectivity index (χ0n) is 18.5. The maximum absolute atomic E-state index is 12.6. The van der Waals surface area contributed by atoms with Crippen molar-refractivity contribution in [3.8, 4) is 0 Å². The predicted molar refractivity (Wildman–Crippen MR) is 119 cm³/mol. The predicted octanol–water partition coefficient (Wildman–Crippen LogP) is 0.122. The van der Waals surface area contributed by atoms with Gasteiger partial charge in [0.15, 0.2) is 0 Å². The third-order valence-corrected chi connectivity index (χ3v) is 5.55. The second kappa shape index (κ2) is 10.7. The summed E-state index contributed by atoms with van der Waals surface area (Å²) in [6, 6.07) is 2.46. The molecule has 2 aromatic heterocycles. The molecule has 2 aromatic rings. The Morgan fingerprint density at radius 2 is 2.03 bits per heavy atom. The minimum atomic E-state index is -0.970. The van der Waals surface area contributed by atoms with E-state index >= 15 is 0 Å². The Balaban J connectivity index is 1.55. The van der Waals surface area contributed by atoms with Crippen LogP contribution < -0.4 is 21.9 Å². The van der Waals surface area contributed by atoms with Gasteiger partial charge in [0.25, 0.3) is 11.5 Å². The third-order valence-electron chi connectivity index (χ3n) is 5.55. The van der Waals surface area contributed by atoms with Crippen LogP contribution in [0.5, 0.6) is 0 Å². The molecule has 0 saturated heterocycles. The molecule has 178 valence electrons. The van der Waals surface area contributed by atoms with Crippen molar-refractivity contribution in [2.75, 3.05) is 31.8 Å². The number of ether oxygens (including phenoxy) is 2. The van der Waals surface area contributed by atoms with E-state index in [0.717, 1.165) is 12.1 Å². The molecule has 0 bridgehead atoms. The van der Waals surface area contributed by atoms with Crippen LogP contribution in [0.1, 0.15) is 41.0 Å². The molecule has 3 rings (SSSR count). The van der Waals surface area contributed by atoms with E-state index in [9.17, 15) is 19.2 Å². The van der Waals surface area contributed by atoms with Crippen LogP contribution in [0, 0.1) is 5.92 Å². The van der Waals surface area contributed by atoms with Crippen LogP contribution >= 0.6 is 0 Å². The number of nitrogens with one attached hydrogen (secondary N) is 4. The number of aryl methyl sites for hydroxylation is 1. The van der Waals surface area contributed by atoms with Gasteiger partial charge in [-0.05, 0) is 43.7 Å². The van der Waals surface area contributed by atoms with Crippen molar-refractivity contribution < 1.29 is 23.9 Å². The highest BCUT2D eigenvalue weighted by Gasteiger charge is 2.25. The highest BCUT2D eigenvalue weighted by molar-refractivity contribution is 5.95. The molecule has 6 N–H and O–H groups in total. The first-order valence-corrected chi connectivity index (χ1v) is 10.6. The van der Waals surface area contributed by atoms with E-state index in [1.165, 1.54) is 14.2 Å². The molecule has 1 amide bonds. The molecule has 0 fully saturated rings. The largest absolute Gasteiger partial charge is 0.469 e. The fraction of sp³-hybridized carbons (Fsp3) is 0.476. The van der Waals surface area contributed by atoms with Gasteiger partial charge in [0, 0.05) is 18.7 Å². The van der Waals surface area contributed by atoms with Crippen LogP contribution in [0.3, 0.4) is 0 Å². The number of hydrogen-bond donors (Lipinski definition) is 5. The summed E-state index contributed by atoms with van der Waals surface area (Å²) in [7, 11) is 2.46. The van der Waals surface area contributed by atoms with Gasteiger partial charge in [0.2, 0.25) is 5.95 Å². The number of anilines is 2. The first-order valence-electron chi connectivity index (χ1n) is 10.6. The maximum atomic E-state index is 12.6. The van der Waals surface area contributed by atoms with E-state index < -0.39 is 23.9 Å². The Bertz CT molecular complexity index is 1080. The summed E-state index contributed by atoms with van der Waals surface area (Å²) in [6.45, 7) is 0.665. The zero-order valence-corrected chi connectivity index (χ0v) is 18.5. The number of methoxy groups -OCH3 is 2. The number of nitrogens with two attached hydrogens (primary N) is 1. The van der Waals surface area contributed by atoms with Crippen molar-refractivity contribution in [3.05, 3.63) is 39.4 Å². The lowest BCUT2D eigenvalue weighted by Crippen LogP contribution is -2.42. The van der Waals surface area contributed by atoms with Crippen molar-refractivity contribution in [2.45, 2.75) is 38.1 Å². The average Bonchev–Trinajstić information content (AvgIpc) is 3.28. The molecule has 12 heteroatoms. The molecule has 12 nitrogen and oxygen atoms in total. The van der Waals surface area contributed by atoms with E-state index in [1.807, 2.05) is 0 Å². The first kappa shape index (κ1) is 23.8. The van der Waals surface area contributed by atoms with Crippen molar-refractivity contribution in [3.63, 3.8) is 0 Å². The number of rotatable bonds is 9. The summed E-state index contributed by atoms with van der Waals surface area (Å²) >= 11 is 0. The van der Waals surface area contributed by atoms with E-state index in [-0.39, 0.29) is 30.3 Å². The molecule has 0 radical (unpaired) electrons. The molecule has 2 atom stereocenters. The lowest BCUT2D eigenvalue weighted by molar-refractivity contribution is -0.144. The van der Waals surface area contributed by atoms with Crippen LogP contribution in [0.15, 0.2) is 16.9 Å². The fourth-order valence-corrected chi connectivity index (χ4v) is 3.73. The normalized spacial score (nSPS) is 15.6. The van der Waals surface area contributed by atoms with Gasteiger partial charge >= 0.3 is 11.9 Å². The van der Waals surface area contributed by atoms with E-state index in [2.05, 4.69) is 30.3 Å². The van der Waals surface area contributed by atoms with Gasteiger partial charge < -0.3 is 30.8 Å². The lowest BCUT2D eigenvalue weighted by Gasteiger charge is -2.24. The van der Waals surface area contributed by atoms with Crippen LogP contribution in [0.4, 0.5) is 11.8 Å². The average molecular weight is 460 g/mol. The second-order valence-electron chi connectivity index (χ2n) is 7.83. The number of esters is 2. The van der Waals surface area contributed by atoms with Crippen molar-refractivity contribution in [1.29, 1.82) is 0 Å². The summed E-state index contributed by atoms with van der Waals surface area (Å²) in [6.07, 6.45) is 2.06. The Hall–Kier alpha value is -3.83. The van der Waals surface area contributed by atoms with Gasteiger partial charge in [-0.25, -0.2) is 4.79 Å². The topological polar surface area (TPSA) is 181 Å². The number of carbonyl (C=O) groups excluding carboxylic acids is 3. The third kappa shape index (κ3) is 6.11. The summed E-state index contributed by atoms with van der Waals surface area (Å²) in [5.41, 5.74) is 7.07. The highest BCUT2D eigenvalue weighted by atomic mass is 16.5. The lowest BCUT2D eigenvalue weighted by atomic mass is 9.92. The van der Waals surface area contributed by atoms with Crippen LogP contribution in [-0.4, -0.2) is 59.6 Å². The molecule has 3 heterocycles. The maximum Gasteiger partial charge on any atom is 0.328 e. The number of fused-ring (bicyclic) bond motifs is 1. The van der Waals surface area contributed by atoms with Crippen LogP contribution in [0.25, 0.3) is 0 Å². The quantitative estimate of drug-likeness (QED) is 0.325. The Morgan fingerprint density at radius 1 is 1.24 bits per heavy atom. The van der Waals surface area contributed by atoms with E-state index in [1.54, 1.807) is 12.1 Å². The van der Waals surface area contributed by atoms with Gasteiger partial charge in [-0.15, -0.1) is 0 Å². The minimum absolute atomic E-state index is 0.0317. The van der Waals surface area contributed by atoms with Gasteiger partial charge in [-0.1, -0.05) is 0 Å². The number of carbonyl (C=O) groups is 3. The van der Waals surface area contributed by atoms with Crippen molar-refractivity contribution in [1.82, 2.24) is 20.3 Å². The van der Waals surface area contributed by atoms with E-state index in [4.69, 9.17) is 10.5 Å². The number of aromatic amines is 2. The summed E-state index contributed by atoms with van der Waals surface area (Å²) in [5, 5.41) is 5.74. The second-order valence-corrected chi connectivity index (χ2v) is 7.83. The molecule has 0 aliphatic carbocycles. The molecular weight excluding hydrogens is 432 g/mol. The number of hydrogen-bond acceptors (Lipinski definition) is 9. The standard InChI is InChI=1S/C21H28N6O6/c1-32-16(28)8-7-15(20(31)33-2)25-19(30)14-6-5-12(24-14)4-3-11-9-13-17(23-10-11)26-21(22)27-18(13)29/h5-6,11,15,24H,3-4,7-10H2,1-2H3,(H,25,30)(H4,22,23,26,27,29)/t11?,15-/m1/s1. The number of nitrogens with zero attached hydrogens (tertiary/aromatic N) is 1. The van der Waals surface area contributed by atoms with Gasteiger partial charge in [-0.3, -0.25) is 19.4 Å². The molecule has 33 heavy (non-hydrogen) atoms. The fourth-order valence-electron chi connectivity index (χ4n) is 3.73. The van der Waals surface area contributed by atoms with Crippen molar-refractivity contribution in [2.24, 2.45) is 5.92 Å².